The third-order valence-electron chi connectivity index (χ3n) is 4.92. The minimum Gasteiger partial charge on any atom is -0.413 e. The Morgan fingerprint density at radius 2 is 1.78 bits per heavy atom. The van der Waals surface area contributed by atoms with Crippen LogP contribution in [0.2, 0.25) is 18.1 Å². The lowest BCUT2D eigenvalue weighted by Crippen LogP contribution is -2.40. The van der Waals surface area contributed by atoms with Gasteiger partial charge in [0.25, 0.3) is 0 Å². The summed E-state index contributed by atoms with van der Waals surface area (Å²) in [4.78, 5) is 0. The number of benzene rings is 2. The molecule has 23 heavy (non-hydrogen) atoms. The van der Waals surface area contributed by atoms with Gasteiger partial charge in [0.05, 0.1) is 6.61 Å². The third-order valence-corrected chi connectivity index (χ3v) is 11.0. The van der Waals surface area contributed by atoms with Crippen LogP contribution < -0.4 is 0 Å². The summed E-state index contributed by atoms with van der Waals surface area (Å²) in [7, 11) is -1.75. The van der Waals surface area contributed by atoms with E-state index in [1.54, 1.807) is 0 Å². The van der Waals surface area contributed by atoms with E-state index in [1.165, 1.54) is 25.7 Å². The van der Waals surface area contributed by atoms with Crippen molar-refractivity contribution < 1.29 is 4.43 Å². The van der Waals surface area contributed by atoms with Crippen molar-refractivity contribution >= 4 is 55.8 Å². The molecule has 0 radical (unpaired) electrons. The van der Waals surface area contributed by atoms with E-state index < -0.39 is 8.32 Å². The predicted molar refractivity (Wildman–Crippen MR) is 109 cm³/mol. The standard InChI is InChI=1S/C19H23BrOSSi/c1-19(2,3)23(4,5)21-12-13-10-14(20)11-17-18(13)15-8-6-7-9-16(15)22-17/h6-11H,12H2,1-5H3. The van der Waals surface area contributed by atoms with Crippen molar-refractivity contribution in [3.63, 3.8) is 0 Å². The Labute approximate surface area is 151 Å². The molecule has 2 aromatic carbocycles. The molecular weight excluding hydrogens is 384 g/mol. The van der Waals surface area contributed by atoms with E-state index in [2.05, 4.69) is 86.2 Å². The number of hydrogen-bond donors (Lipinski definition) is 0. The van der Waals surface area contributed by atoms with Crippen LogP contribution in [0.5, 0.6) is 0 Å². The molecule has 0 spiro atoms. The van der Waals surface area contributed by atoms with E-state index in [1.807, 2.05) is 11.3 Å². The highest BCUT2D eigenvalue weighted by atomic mass is 79.9. The highest BCUT2D eigenvalue weighted by Gasteiger charge is 2.37. The van der Waals surface area contributed by atoms with E-state index in [9.17, 15) is 0 Å². The lowest BCUT2D eigenvalue weighted by molar-refractivity contribution is 0.277. The second-order valence-electron chi connectivity index (χ2n) is 7.59. The van der Waals surface area contributed by atoms with Crippen LogP contribution in [-0.2, 0) is 11.0 Å². The van der Waals surface area contributed by atoms with E-state index >= 15 is 0 Å². The van der Waals surface area contributed by atoms with Gasteiger partial charge < -0.3 is 4.43 Å². The fourth-order valence-corrected chi connectivity index (χ4v) is 5.29. The summed E-state index contributed by atoms with van der Waals surface area (Å²) < 4.78 is 10.3. The zero-order valence-electron chi connectivity index (χ0n) is 14.4. The van der Waals surface area contributed by atoms with E-state index in [-0.39, 0.29) is 5.04 Å². The predicted octanol–water partition coefficient (Wildman–Crippen LogP) is 7.34. The van der Waals surface area contributed by atoms with Crippen molar-refractivity contribution in [1.82, 2.24) is 0 Å². The van der Waals surface area contributed by atoms with E-state index in [0.717, 1.165) is 4.47 Å². The van der Waals surface area contributed by atoms with Crippen LogP contribution in [0.4, 0.5) is 0 Å². The van der Waals surface area contributed by atoms with E-state index in [4.69, 9.17) is 4.43 Å². The van der Waals surface area contributed by atoms with Crippen LogP contribution in [0.15, 0.2) is 40.9 Å². The van der Waals surface area contributed by atoms with Crippen LogP contribution in [-0.4, -0.2) is 8.32 Å². The molecule has 0 saturated heterocycles. The maximum atomic E-state index is 6.48. The first-order valence-corrected chi connectivity index (χ1v) is 12.4. The van der Waals surface area contributed by atoms with Gasteiger partial charge in [-0.25, -0.2) is 0 Å². The van der Waals surface area contributed by atoms with Crippen molar-refractivity contribution in [2.24, 2.45) is 0 Å². The molecule has 1 heterocycles. The summed E-state index contributed by atoms with van der Waals surface area (Å²) >= 11 is 5.52. The first kappa shape index (κ1) is 17.2. The fourth-order valence-electron chi connectivity index (χ4n) is 2.49. The Kier molecular flexibility index (Phi) is 4.47. The smallest absolute Gasteiger partial charge is 0.192 e. The Morgan fingerprint density at radius 3 is 2.48 bits per heavy atom. The summed E-state index contributed by atoms with van der Waals surface area (Å²) in [5, 5.41) is 2.93. The lowest BCUT2D eigenvalue weighted by Gasteiger charge is -2.36. The largest absolute Gasteiger partial charge is 0.413 e. The Morgan fingerprint density at radius 1 is 1.09 bits per heavy atom. The SMILES string of the molecule is CC(C)(C)[Si](C)(C)OCc1cc(Br)cc2sc3ccccc3c12. The maximum absolute atomic E-state index is 6.48. The van der Waals surface area contributed by atoms with Crippen molar-refractivity contribution in [3.8, 4) is 0 Å². The monoisotopic (exact) mass is 406 g/mol. The summed E-state index contributed by atoms with van der Waals surface area (Å²) in [6, 6.07) is 13.1. The molecule has 1 nitrogen and oxygen atoms in total. The minimum atomic E-state index is -1.75. The van der Waals surface area contributed by atoms with Gasteiger partial charge in [-0.2, -0.15) is 0 Å². The van der Waals surface area contributed by atoms with Gasteiger partial charge in [0.15, 0.2) is 8.32 Å². The molecule has 0 aliphatic rings. The van der Waals surface area contributed by atoms with Crippen molar-refractivity contribution in [2.75, 3.05) is 0 Å². The van der Waals surface area contributed by atoms with Gasteiger partial charge in [0.2, 0.25) is 0 Å². The van der Waals surface area contributed by atoms with Crippen LogP contribution in [0.3, 0.4) is 0 Å². The molecular formula is C19H23BrOSSi. The van der Waals surface area contributed by atoms with Crippen LogP contribution in [0.1, 0.15) is 26.3 Å². The Bertz CT molecular complexity index is 861. The summed E-state index contributed by atoms with van der Waals surface area (Å²) in [5.74, 6) is 0. The molecule has 0 aliphatic carbocycles. The van der Waals surface area contributed by atoms with Gasteiger partial charge in [0, 0.05) is 24.6 Å². The fraction of sp³-hybridized carbons (Fsp3) is 0.368. The zero-order valence-corrected chi connectivity index (χ0v) is 17.8. The first-order valence-electron chi connectivity index (χ1n) is 7.93. The molecule has 0 atom stereocenters. The topological polar surface area (TPSA) is 9.23 Å². The lowest BCUT2D eigenvalue weighted by atomic mass is 10.1. The van der Waals surface area contributed by atoms with Crippen LogP contribution in [0, 0.1) is 0 Å². The summed E-state index contributed by atoms with van der Waals surface area (Å²) in [6.45, 7) is 12.2. The van der Waals surface area contributed by atoms with Gasteiger partial charge >= 0.3 is 0 Å². The number of halogens is 1. The van der Waals surface area contributed by atoms with Gasteiger partial charge in [-0.3, -0.25) is 0 Å². The zero-order chi connectivity index (χ0) is 16.8. The summed E-state index contributed by atoms with van der Waals surface area (Å²) in [5.41, 5.74) is 1.29. The second-order valence-corrected chi connectivity index (χ2v) is 14.4. The molecule has 1 aromatic heterocycles. The number of fused-ring (bicyclic) bond motifs is 3. The van der Waals surface area contributed by atoms with Gasteiger partial charge in [-0.1, -0.05) is 54.9 Å². The van der Waals surface area contributed by atoms with Crippen molar-refractivity contribution in [2.45, 2.75) is 45.5 Å². The number of rotatable bonds is 3. The van der Waals surface area contributed by atoms with Crippen LogP contribution >= 0.6 is 27.3 Å². The second kappa shape index (κ2) is 5.99. The molecule has 4 heteroatoms. The average molecular weight is 407 g/mol. The maximum Gasteiger partial charge on any atom is 0.192 e. The van der Waals surface area contributed by atoms with Gasteiger partial charge in [-0.05, 0) is 41.9 Å². The summed E-state index contributed by atoms with van der Waals surface area (Å²) in [6.07, 6.45) is 0. The molecule has 122 valence electrons. The molecule has 0 amide bonds. The van der Waals surface area contributed by atoms with Gasteiger partial charge in [0.1, 0.15) is 0 Å². The average Bonchev–Trinajstić information content (AvgIpc) is 2.81. The number of hydrogen-bond acceptors (Lipinski definition) is 2. The Hall–Kier alpha value is -0.683. The molecule has 0 unspecified atom stereocenters. The third kappa shape index (κ3) is 3.27. The minimum absolute atomic E-state index is 0.231. The molecule has 0 aliphatic heterocycles. The Balaban J connectivity index is 2.07. The van der Waals surface area contributed by atoms with Crippen molar-refractivity contribution in [1.29, 1.82) is 0 Å². The van der Waals surface area contributed by atoms with Crippen LogP contribution in [0.25, 0.3) is 20.2 Å². The first-order chi connectivity index (χ1) is 10.7. The quantitative estimate of drug-likeness (QED) is 0.413. The van der Waals surface area contributed by atoms with Crippen molar-refractivity contribution in [3.05, 3.63) is 46.4 Å². The highest BCUT2D eigenvalue weighted by molar-refractivity contribution is 9.10. The normalized spacial score (nSPS) is 13.1. The van der Waals surface area contributed by atoms with Gasteiger partial charge in [-0.15, -0.1) is 11.3 Å². The molecule has 3 rings (SSSR count). The highest BCUT2D eigenvalue weighted by Crippen LogP contribution is 2.40. The molecule has 0 N–H and O–H groups in total. The molecule has 0 saturated carbocycles. The molecule has 0 bridgehead atoms. The molecule has 0 fully saturated rings. The number of thiophene rings is 1. The van der Waals surface area contributed by atoms with E-state index in [0.29, 0.717) is 6.61 Å². The molecule has 3 aromatic rings.